The van der Waals surface area contributed by atoms with Crippen molar-refractivity contribution in [3.63, 3.8) is 0 Å². The molecule has 1 aromatic carbocycles. The van der Waals surface area contributed by atoms with Crippen LogP contribution in [-0.4, -0.2) is 107 Å². The zero-order valence-corrected chi connectivity index (χ0v) is 27.5. The number of hydrogen-bond donors (Lipinski definition) is 2. The quantitative estimate of drug-likeness (QED) is 0.202. The second-order valence-corrected chi connectivity index (χ2v) is 12.9. The lowest BCUT2D eigenvalue weighted by molar-refractivity contribution is -0.134. The molecule has 1 aliphatic rings. The fourth-order valence-corrected chi connectivity index (χ4v) is 6.48. The summed E-state index contributed by atoms with van der Waals surface area (Å²) in [6, 6.07) is 9.43. The largest absolute Gasteiger partial charge is 0.449 e. The Balaban J connectivity index is 1.86. The fourth-order valence-electron chi connectivity index (χ4n) is 4.72. The number of nitrogens with zero attached hydrogens (tertiary/aromatic N) is 4. The summed E-state index contributed by atoms with van der Waals surface area (Å²) in [4.78, 5) is 52.1. The Morgan fingerprint density at radius 3 is 2.24 bits per heavy atom. The molecule has 2 N–H and O–H groups in total. The van der Waals surface area contributed by atoms with E-state index in [0.717, 1.165) is 12.8 Å². The van der Waals surface area contributed by atoms with Gasteiger partial charge in [-0.3, -0.25) is 14.2 Å². The number of carbonyl (C=O) groups excluding carboxylic acids is 3. The molecule has 0 spiro atoms. The molecule has 3 amide bonds. The topological polar surface area (TPSA) is 160 Å². The minimum Gasteiger partial charge on any atom is -0.449 e. The molecule has 1 aromatic heterocycles. The van der Waals surface area contributed by atoms with Crippen LogP contribution in [-0.2, 0) is 29.6 Å². The zero-order valence-electron chi connectivity index (χ0n) is 26.6. The van der Waals surface area contributed by atoms with Crippen LogP contribution in [0, 0.1) is 0 Å². The van der Waals surface area contributed by atoms with Crippen LogP contribution in [0.25, 0.3) is 11.4 Å². The van der Waals surface area contributed by atoms with Gasteiger partial charge in [-0.2, -0.15) is 0 Å². The molecule has 2 aromatic rings. The molecular weight excluding hydrogens is 601 g/mol. The van der Waals surface area contributed by atoms with Crippen LogP contribution in [0.3, 0.4) is 0 Å². The summed E-state index contributed by atoms with van der Waals surface area (Å²) in [5, 5.41) is 12.6. The van der Waals surface area contributed by atoms with Crippen LogP contribution in [0.5, 0.6) is 0 Å². The van der Waals surface area contributed by atoms with E-state index in [0.29, 0.717) is 36.5 Å². The SMILES string of the molecule is CCCCOC(=O)N1CCN(C(=O)C(CP(=O)(OCC)OCC)NC(=O)c2cc(CCC(C)O)nc(-c3ccccc3)n2)CC1. The number of aromatic nitrogens is 2. The smallest absolute Gasteiger partial charge is 0.409 e. The Kier molecular flexibility index (Phi) is 14.4. The van der Waals surface area contributed by atoms with Crippen LogP contribution in [0.4, 0.5) is 4.79 Å². The van der Waals surface area contributed by atoms with E-state index in [9.17, 15) is 24.1 Å². The van der Waals surface area contributed by atoms with Crippen molar-refractivity contribution in [2.45, 2.75) is 65.5 Å². The van der Waals surface area contributed by atoms with Crippen LogP contribution >= 0.6 is 7.60 Å². The minimum atomic E-state index is -3.77. The number of aliphatic hydroxyl groups excluding tert-OH is 1. The lowest BCUT2D eigenvalue weighted by atomic mass is 10.1. The average Bonchev–Trinajstić information content (AvgIpc) is 3.03. The highest BCUT2D eigenvalue weighted by atomic mass is 31.2. The Labute approximate surface area is 265 Å². The molecule has 2 heterocycles. The van der Waals surface area contributed by atoms with Gasteiger partial charge in [-0.15, -0.1) is 0 Å². The van der Waals surface area contributed by atoms with Gasteiger partial charge in [0.15, 0.2) is 5.82 Å². The van der Waals surface area contributed by atoms with Crippen LogP contribution < -0.4 is 5.32 Å². The number of aliphatic hydroxyl groups is 1. The third-order valence-corrected chi connectivity index (χ3v) is 9.21. The van der Waals surface area contributed by atoms with E-state index < -0.39 is 37.6 Å². The minimum absolute atomic E-state index is 0.0181. The fraction of sp³-hybridized carbons (Fsp3) is 0.581. The molecule has 2 unspecified atom stereocenters. The summed E-state index contributed by atoms with van der Waals surface area (Å²) in [6.45, 7) is 8.45. The number of unbranched alkanes of at least 4 members (excludes halogenated alkanes) is 1. The number of amides is 3. The maximum absolute atomic E-state index is 13.9. The van der Waals surface area contributed by atoms with Crippen LogP contribution in [0.2, 0.25) is 0 Å². The first kappa shape index (κ1) is 36.1. The number of carbonyl (C=O) groups is 3. The van der Waals surface area contributed by atoms with Gasteiger partial charge in [0.1, 0.15) is 11.7 Å². The number of ether oxygens (including phenoxy) is 1. The van der Waals surface area contributed by atoms with Gasteiger partial charge in [0.25, 0.3) is 5.91 Å². The highest BCUT2D eigenvalue weighted by Gasteiger charge is 2.37. The Morgan fingerprint density at radius 1 is 1.00 bits per heavy atom. The summed E-state index contributed by atoms with van der Waals surface area (Å²) in [5.41, 5.74) is 1.26. The number of aryl methyl sites for hydroxylation is 1. The standard InChI is InChI=1S/C31H46N5O8P/c1-5-8-20-42-31(40)36-18-16-35(17-19-36)30(39)27(22-45(41,43-6-2)44-7-3)34-29(38)26-21-25(15-14-23(4)37)32-28(33-26)24-12-10-9-11-13-24/h9-13,21,23,27,37H,5-8,14-20,22H2,1-4H3,(H,34,38). The highest BCUT2D eigenvalue weighted by molar-refractivity contribution is 7.54. The first-order valence-corrected chi connectivity index (χ1v) is 17.3. The van der Waals surface area contributed by atoms with Gasteiger partial charge < -0.3 is 34.0 Å². The summed E-state index contributed by atoms with van der Waals surface area (Å²) in [6.07, 6.45) is 1.12. The van der Waals surface area contributed by atoms with Crippen molar-refractivity contribution in [3.8, 4) is 11.4 Å². The van der Waals surface area contributed by atoms with Gasteiger partial charge in [-0.25, -0.2) is 14.8 Å². The highest BCUT2D eigenvalue weighted by Crippen LogP contribution is 2.48. The molecule has 45 heavy (non-hydrogen) atoms. The summed E-state index contributed by atoms with van der Waals surface area (Å²) in [5.74, 6) is -0.819. The normalized spacial score (nSPS) is 15.0. The van der Waals surface area contributed by atoms with Crippen molar-refractivity contribution in [2.75, 3.05) is 52.2 Å². The number of benzene rings is 1. The van der Waals surface area contributed by atoms with Gasteiger partial charge in [0, 0.05) is 37.4 Å². The van der Waals surface area contributed by atoms with Crippen molar-refractivity contribution in [1.82, 2.24) is 25.1 Å². The molecule has 1 fully saturated rings. The molecule has 248 valence electrons. The molecule has 0 bridgehead atoms. The van der Waals surface area contributed by atoms with Crippen LogP contribution in [0.15, 0.2) is 36.4 Å². The van der Waals surface area contributed by atoms with E-state index in [4.69, 9.17) is 13.8 Å². The van der Waals surface area contributed by atoms with Crippen molar-refractivity contribution < 1.29 is 37.8 Å². The third kappa shape index (κ3) is 11.2. The second-order valence-electron chi connectivity index (χ2n) is 10.8. The number of rotatable bonds is 16. The molecule has 0 aliphatic carbocycles. The predicted octanol–water partition coefficient (Wildman–Crippen LogP) is 3.90. The van der Waals surface area contributed by atoms with E-state index in [2.05, 4.69) is 15.3 Å². The van der Waals surface area contributed by atoms with E-state index >= 15 is 0 Å². The molecule has 14 heteroatoms. The van der Waals surface area contributed by atoms with Gasteiger partial charge in [0.2, 0.25) is 5.91 Å². The summed E-state index contributed by atoms with van der Waals surface area (Å²) in [7, 11) is -3.77. The molecule has 1 aliphatic heterocycles. The number of hydrogen-bond acceptors (Lipinski definition) is 10. The van der Waals surface area contributed by atoms with Gasteiger partial charge in [-0.1, -0.05) is 43.7 Å². The monoisotopic (exact) mass is 647 g/mol. The number of nitrogens with one attached hydrogen (secondary N) is 1. The maximum Gasteiger partial charge on any atom is 0.409 e. The summed E-state index contributed by atoms with van der Waals surface area (Å²) < 4.78 is 29.8. The van der Waals surface area contributed by atoms with Crippen LogP contribution in [0.1, 0.15) is 63.1 Å². The Hall–Kier alpha value is -3.38. The van der Waals surface area contributed by atoms with E-state index in [-0.39, 0.29) is 51.2 Å². The van der Waals surface area contributed by atoms with Crippen molar-refractivity contribution >= 4 is 25.5 Å². The van der Waals surface area contributed by atoms with E-state index in [1.807, 2.05) is 37.3 Å². The second kappa shape index (κ2) is 17.9. The zero-order chi connectivity index (χ0) is 32.8. The summed E-state index contributed by atoms with van der Waals surface area (Å²) >= 11 is 0. The Bertz CT molecular complexity index is 1290. The van der Waals surface area contributed by atoms with Gasteiger partial charge >= 0.3 is 13.7 Å². The predicted molar refractivity (Wildman–Crippen MR) is 169 cm³/mol. The van der Waals surface area contributed by atoms with Gasteiger partial charge in [-0.05, 0) is 46.1 Å². The van der Waals surface area contributed by atoms with Gasteiger partial charge in [0.05, 0.1) is 32.1 Å². The first-order chi connectivity index (χ1) is 21.6. The molecule has 0 radical (unpaired) electrons. The molecular formula is C31H46N5O8P. The molecule has 2 atom stereocenters. The number of piperazine rings is 1. The lowest BCUT2D eigenvalue weighted by Crippen LogP contribution is -2.57. The van der Waals surface area contributed by atoms with Crippen molar-refractivity contribution in [3.05, 3.63) is 47.8 Å². The maximum atomic E-state index is 13.9. The van der Waals surface area contributed by atoms with E-state index in [1.165, 1.54) is 11.0 Å². The first-order valence-electron chi connectivity index (χ1n) is 15.6. The van der Waals surface area contributed by atoms with Crippen molar-refractivity contribution in [2.24, 2.45) is 0 Å². The molecule has 0 saturated carbocycles. The molecule has 1 saturated heterocycles. The van der Waals surface area contributed by atoms with Crippen molar-refractivity contribution in [1.29, 1.82) is 0 Å². The average molecular weight is 648 g/mol. The molecule has 3 rings (SSSR count). The molecule has 13 nitrogen and oxygen atoms in total. The third-order valence-electron chi connectivity index (χ3n) is 7.10. The Morgan fingerprint density at radius 2 is 1.64 bits per heavy atom. The lowest BCUT2D eigenvalue weighted by Gasteiger charge is -2.36. The van der Waals surface area contributed by atoms with E-state index in [1.54, 1.807) is 25.7 Å².